The zero-order valence-corrected chi connectivity index (χ0v) is 44.3. The molecule has 0 aliphatic heterocycles. The van der Waals surface area contributed by atoms with E-state index in [1.54, 1.807) is 0 Å². The van der Waals surface area contributed by atoms with Gasteiger partial charge in [0.2, 0.25) is 0 Å². The molecule has 2 aromatic rings. The van der Waals surface area contributed by atoms with Crippen molar-refractivity contribution in [3.8, 4) is 0 Å². The fourth-order valence-electron chi connectivity index (χ4n) is 7.09. The van der Waals surface area contributed by atoms with E-state index in [-0.39, 0.29) is 34.2 Å². The molecule has 6 rings (SSSR count). The molecule has 0 radical (unpaired) electrons. The average molecular weight is 979 g/mol. The Balaban J connectivity index is -0.000000718. The number of halogens is 5. The van der Waals surface area contributed by atoms with Gasteiger partial charge in [-0.1, -0.05) is 140 Å². The molecule has 58 heavy (non-hydrogen) atoms. The van der Waals surface area contributed by atoms with Gasteiger partial charge in [0.25, 0.3) is 0 Å². The van der Waals surface area contributed by atoms with Crippen molar-refractivity contribution in [1.82, 2.24) is 0 Å². The van der Waals surface area contributed by atoms with Crippen LogP contribution >= 0.6 is 46.5 Å². The van der Waals surface area contributed by atoms with Crippen LogP contribution in [0.5, 0.6) is 0 Å². The molecule has 0 N–H and O–H groups in total. The molecule has 0 unspecified atom stereocenters. The molecule has 2 aromatic carbocycles. The molecular weight excluding hydrogens is 902 g/mol. The predicted octanol–water partition coefficient (Wildman–Crippen LogP) is 17.4. The third-order valence-corrected chi connectivity index (χ3v) is 9.68. The van der Waals surface area contributed by atoms with Crippen LogP contribution < -0.4 is 0 Å². The van der Waals surface area contributed by atoms with Crippen LogP contribution in [0.15, 0.2) is 48.5 Å². The van der Waals surface area contributed by atoms with Gasteiger partial charge in [0.15, 0.2) is 0 Å². The monoisotopic (exact) mass is 976 g/mol. The summed E-state index contributed by atoms with van der Waals surface area (Å²) in [6.07, 6.45) is 28.2. The Morgan fingerprint density at radius 2 is 0.724 bits per heavy atom. The maximum atomic E-state index is 11.9. The minimum absolute atomic E-state index is 0. The molecule has 0 spiro atoms. The van der Waals surface area contributed by atoms with Crippen molar-refractivity contribution >= 4 is 58.5 Å². The van der Waals surface area contributed by atoms with E-state index in [1.807, 2.05) is 65.8 Å². The molecule has 0 bridgehead atoms. The van der Waals surface area contributed by atoms with Crippen molar-refractivity contribution in [3.05, 3.63) is 93.1 Å². The summed E-state index contributed by atoms with van der Waals surface area (Å²) < 4.78 is 10.7. The Morgan fingerprint density at radius 3 is 0.914 bits per heavy atom. The average Bonchev–Trinajstić information content (AvgIpc) is 3.95. The van der Waals surface area contributed by atoms with E-state index < -0.39 is 42.9 Å². The van der Waals surface area contributed by atoms with E-state index in [1.165, 1.54) is 127 Å². The summed E-state index contributed by atoms with van der Waals surface area (Å²) in [5.74, 6) is 1.21. The summed E-state index contributed by atoms with van der Waals surface area (Å²) in [4.78, 5) is 23.8. The van der Waals surface area contributed by atoms with E-state index >= 15 is 0 Å². The van der Waals surface area contributed by atoms with Crippen LogP contribution in [0.3, 0.4) is 0 Å². The molecule has 0 aromatic heterocycles. The number of rotatable bonds is 6. The first-order valence-electron chi connectivity index (χ1n) is 20.5. The number of carbonyl (C=O) groups is 2. The topological polar surface area (TPSA) is 52.6 Å². The first kappa shape index (κ1) is 62.6. The van der Waals surface area contributed by atoms with Gasteiger partial charge in [-0.2, -0.15) is 0 Å². The van der Waals surface area contributed by atoms with Crippen LogP contribution in [0, 0.1) is 34.1 Å². The molecule has 11 heteroatoms. The molecule has 0 saturated heterocycles. The third kappa shape index (κ3) is 34.8. The molecule has 0 amide bonds. The normalized spacial score (nSPS) is 15.7. The van der Waals surface area contributed by atoms with Crippen LogP contribution in [0.2, 0.25) is 0 Å². The number of ether oxygens (including phenoxy) is 2. The first-order chi connectivity index (χ1) is 26.0. The third-order valence-electron chi connectivity index (χ3n) is 9.68. The summed E-state index contributed by atoms with van der Waals surface area (Å²) in [6, 6.07) is 15.8. The summed E-state index contributed by atoms with van der Waals surface area (Å²) in [5.41, 5.74) is 3.09. The molecule has 4 aliphatic rings. The number of hydrogen-bond acceptors (Lipinski definition) is 4. The van der Waals surface area contributed by atoms with E-state index in [2.05, 4.69) is 24.3 Å². The van der Waals surface area contributed by atoms with E-state index in [0.717, 1.165) is 24.7 Å². The second-order valence-corrected chi connectivity index (χ2v) is 27.2. The molecule has 0 atom stereocenters. The van der Waals surface area contributed by atoms with Gasteiger partial charge < -0.3 is 31.8 Å². The Bertz CT molecular complexity index is 1150. The molecule has 0 heterocycles. The van der Waals surface area contributed by atoms with Crippen LogP contribution in [0.25, 0.3) is 0 Å². The van der Waals surface area contributed by atoms with Crippen molar-refractivity contribution in [2.24, 2.45) is 11.8 Å². The van der Waals surface area contributed by atoms with Crippen LogP contribution in [0.1, 0.15) is 189 Å². The van der Waals surface area contributed by atoms with Gasteiger partial charge in [-0.25, -0.2) is 9.59 Å². The van der Waals surface area contributed by atoms with Gasteiger partial charge >= 0.3 is 90.2 Å². The van der Waals surface area contributed by atoms with Crippen molar-refractivity contribution in [1.29, 1.82) is 0 Å². The molecule has 4 fully saturated rings. The van der Waals surface area contributed by atoms with Crippen molar-refractivity contribution < 1.29 is 50.8 Å². The van der Waals surface area contributed by atoms with E-state index in [9.17, 15) is 9.59 Å². The second kappa shape index (κ2) is 36.7. The van der Waals surface area contributed by atoms with Gasteiger partial charge in [0.1, 0.15) is 11.2 Å². The number of esters is 2. The van der Waals surface area contributed by atoms with Gasteiger partial charge in [0, 0.05) is 0 Å². The van der Waals surface area contributed by atoms with Crippen LogP contribution in [-0.4, -0.2) is 23.1 Å². The maximum absolute atomic E-state index is 11.9. The predicted molar refractivity (Wildman–Crippen MR) is 249 cm³/mol. The zero-order chi connectivity index (χ0) is 41.1. The summed E-state index contributed by atoms with van der Waals surface area (Å²) in [5, 5.41) is 0. The van der Waals surface area contributed by atoms with Crippen molar-refractivity contribution in [2.75, 3.05) is 0 Å². The van der Waals surface area contributed by atoms with Gasteiger partial charge in [-0.3, -0.25) is 0 Å². The standard InChI is InChI=1S/2C17H24O2.2C5H10.3CH3.5ClH.2Ti/c2*1-17(2,3)19-16(18)15-10-8-14(9-11-15)12-13-6-4-5-7-13;2*1-2-4-5-3-1;;;;;;;;;;/h2*8-11,13H,4-7,12H2,1-3H3;2*1-5H2;3*1H3;5*1H;;/q;;;;3*-1;;;;;;+2;+4/p-5. The number of carbonyl (C=O) groups excluding carboxylic acids is 2. The Hall–Kier alpha value is 0.259. The SMILES string of the molecule is C1CCCC1.C1CCCC1.CC(C)(C)OC(=O)c1ccc(CC2CCCC2)cc1.CC(C)(C)OC(=O)c1ccc(CC2CCCC2)cc1.[CH3-].[CH3-].[CH3-].[Cl][Ti+]([Cl])[Cl].[Cl][Ti][Cl]. The summed E-state index contributed by atoms with van der Waals surface area (Å²) in [6.45, 7) is 11.3. The van der Waals surface area contributed by atoms with Gasteiger partial charge in [-0.15, -0.1) is 0 Å². The first-order valence-corrected chi connectivity index (χ1v) is 31.2. The number of benzene rings is 2. The van der Waals surface area contributed by atoms with E-state index in [4.69, 9.17) is 56.0 Å². The molecule has 4 saturated carbocycles. The molecule has 4 aliphatic carbocycles. The van der Waals surface area contributed by atoms with E-state index in [0.29, 0.717) is 11.1 Å². The zero-order valence-electron chi connectivity index (χ0n) is 37.4. The molecule has 4 nitrogen and oxygen atoms in total. The van der Waals surface area contributed by atoms with Gasteiger partial charge in [0.05, 0.1) is 11.1 Å². The fraction of sp³-hybridized carbons (Fsp3) is 0.638. The van der Waals surface area contributed by atoms with Crippen LogP contribution in [-0.2, 0) is 54.0 Å². The molecule has 334 valence electrons. The van der Waals surface area contributed by atoms with Crippen molar-refractivity contribution in [3.63, 3.8) is 0 Å². The summed E-state index contributed by atoms with van der Waals surface area (Å²) in [7, 11) is 24.7. The Morgan fingerprint density at radius 1 is 0.517 bits per heavy atom. The Kier molecular flexibility index (Phi) is 39.6. The molecular formula is C47H77Cl5O4Ti2-2. The number of hydrogen-bond donors (Lipinski definition) is 0. The van der Waals surface area contributed by atoms with Crippen molar-refractivity contribution in [2.45, 2.75) is 181 Å². The Labute approximate surface area is 391 Å². The minimum atomic E-state index is -1.92. The van der Waals surface area contributed by atoms with Gasteiger partial charge in [-0.05, 0) is 102 Å². The van der Waals surface area contributed by atoms with Crippen LogP contribution in [0.4, 0.5) is 0 Å². The second-order valence-electron chi connectivity index (χ2n) is 16.9. The summed E-state index contributed by atoms with van der Waals surface area (Å²) >= 11 is -2.47. The quantitative estimate of drug-likeness (QED) is 0.164. The fourth-order valence-corrected chi connectivity index (χ4v) is 7.09.